The van der Waals surface area contributed by atoms with E-state index >= 15 is 0 Å². The Morgan fingerprint density at radius 3 is 2.65 bits per heavy atom. The number of sulfone groups is 1. The van der Waals surface area contributed by atoms with Gasteiger partial charge < -0.3 is 15.4 Å². The van der Waals surface area contributed by atoms with Gasteiger partial charge in [-0.15, -0.1) is 0 Å². The topological polar surface area (TPSA) is 98.2 Å². The second kappa shape index (κ2) is 5.54. The maximum Gasteiger partial charge on any atom is 0.227 e. The van der Waals surface area contributed by atoms with Crippen LogP contribution in [-0.4, -0.2) is 38.1 Å². The van der Waals surface area contributed by atoms with Crippen LogP contribution in [0.3, 0.4) is 0 Å². The first-order valence-corrected chi connectivity index (χ1v) is 8.68. The molecule has 3 rings (SSSR count). The van der Waals surface area contributed by atoms with E-state index in [0.717, 1.165) is 6.54 Å². The molecule has 2 N–H and O–H groups in total. The van der Waals surface area contributed by atoms with Gasteiger partial charge in [-0.3, -0.25) is 0 Å². The zero-order chi connectivity index (χ0) is 16.8. The van der Waals surface area contributed by atoms with Crippen LogP contribution in [0.25, 0.3) is 0 Å². The summed E-state index contributed by atoms with van der Waals surface area (Å²) in [6.07, 6.45) is 1.22. The number of nitrogens with two attached hydrogens (primary N) is 1. The van der Waals surface area contributed by atoms with E-state index in [1.165, 1.54) is 25.4 Å². The van der Waals surface area contributed by atoms with Gasteiger partial charge >= 0.3 is 0 Å². The normalized spacial score (nSPS) is 17.2. The molecule has 23 heavy (non-hydrogen) atoms. The summed E-state index contributed by atoms with van der Waals surface area (Å²) in [4.78, 5) is 9.86. The monoisotopic (exact) mass is 354 g/mol. The largest absolute Gasteiger partial charge is 0.495 e. The van der Waals surface area contributed by atoms with Crippen LogP contribution in [0.2, 0.25) is 5.02 Å². The summed E-state index contributed by atoms with van der Waals surface area (Å²) in [5.41, 5.74) is 5.85. The summed E-state index contributed by atoms with van der Waals surface area (Å²) >= 11 is 5.91. The quantitative estimate of drug-likeness (QED) is 0.835. The van der Waals surface area contributed by atoms with Crippen molar-refractivity contribution in [3.63, 3.8) is 0 Å². The fraction of sp³-hybridized carbons (Fsp3) is 0.286. The second-order valence-electron chi connectivity index (χ2n) is 5.22. The van der Waals surface area contributed by atoms with Crippen LogP contribution in [0.1, 0.15) is 6.92 Å². The first-order chi connectivity index (χ1) is 10.8. The van der Waals surface area contributed by atoms with Crippen LogP contribution < -0.4 is 15.4 Å². The molecule has 1 fully saturated rings. The van der Waals surface area contributed by atoms with E-state index in [9.17, 15) is 8.42 Å². The van der Waals surface area contributed by atoms with Crippen molar-refractivity contribution in [2.75, 3.05) is 24.3 Å². The molecule has 1 aromatic carbocycles. The molecule has 0 amide bonds. The average molecular weight is 355 g/mol. The first kappa shape index (κ1) is 15.8. The molecule has 0 bridgehead atoms. The number of anilines is 2. The Morgan fingerprint density at radius 1 is 1.39 bits per heavy atom. The molecule has 0 aliphatic carbocycles. The van der Waals surface area contributed by atoms with Gasteiger partial charge in [0.15, 0.2) is 0 Å². The van der Waals surface area contributed by atoms with Gasteiger partial charge in [-0.05, 0) is 25.1 Å². The highest BCUT2D eigenvalue weighted by Crippen LogP contribution is 2.34. The lowest BCUT2D eigenvalue weighted by atomic mass is 10.3. The highest BCUT2D eigenvalue weighted by atomic mass is 35.5. The Labute approximate surface area is 139 Å². The van der Waals surface area contributed by atoms with Crippen LogP contribution in [0.15, 0.2) is 34.2 Å². The summed E-state index contributed by atoms with van der Waals surface area (Å²) in [5, 5.41) is 0.276. The zero-order valence-electron chi connectivity index (χ0n) is 12.5. The van der Waals surface area contributed by atoms with E-state index in [1.54, 1.807) is 6.07 Å². The molecular weight excluding hydrogens is 340 g/mol. The Balaban J connectivity index is 2.08. The second-order valence-corrected chi connectivity index (χ2v) is 7.54. The number of nitrogen functional groups attached to an aromatic ring is 1. The molecule has 9 heteroatoms. The third kappa shape index (κ3) is 2.79. The molecule has 0 radical (unpaired) electrons. The molecule has 0 spiro atoms. The van der Waals surface area contributed by atoms with Crippen molar-refractivity contribution >= 4 is 33.2 Å². The van der Waals surface area contributed by atoms with Gasteiger partial charge in [0.05, 0.1) is 13.3 Å². The van der Waals surface area contributed by atoms with E-state index in [4.69, 9.17) is 22.1 Å². The fourth-order valence-corrected chi connectivity index (χ4v) is 3.90. The minimum atomic E-state index is -3.95. The molecule has 1 aliphatic heterocycles. The van der Waals surface area contributed by atoms with Crippen LogP contribution in [0, 0.1) is 0 Å². The van der Waals surface area contributed by atoms with Gasteiger partial charge in [0.2, 0.25) is 15.8 Å². The van der Waals surface area contributed by atoms with Gasteiger partial charge in [0.1, 0.15) is 21.4 Å². The highest BCUT2D eigenvalue weighted by molar-refractivity contribution is 7.91. The summed E-state index contributed by atoms with van der Waals surface area (Å²) in [6, 6.07) is 4.68. The molecule has 1 atom stereocenters. The Morgan fingerprint density at radius 2 is 2.09 bits per heavy atom. The summed E-state index contributed by atoms with van der Waals surface area (Å²) in [5.74, 6) is 0.501. The van der Waals surface area contributed by atoms with Crippen molar-refractivity contribution in [1.82, 2.24) is 9.97 Å². The van der Waals surface area contributed by atoms with Gasteiger partial charge in [0, 0.05) is 17.6 Å². The summed E-state index contributed by atoms with van der Waals surface area (Å²) in [6.45, 7) is 2.84. The Bertz CT molecular complexity index is 872. The SMILES string of the molecule is COc1ccc(Cl)cc1S(=O)(=O)c1cnc(N2CC2C)nc1N. The summed E-state index contributed by atoms with van der Waals surface area (Å²) < 4.78 is 30.8. The standard InChI is InChI=1S/C14H15ClN4O3S/c1-8-7-19(8)14-17-6-12(13(16)18-14)23(20,21)11-5-9(15)3-4-10(11)22-2/h3-6,8H,7H2,1-2H3,(H2,16,17,18). The van der Waals surface area contributed by atoms with Gasteiger partial charge in [-0.2, -0.15) is 4.98 Å². The number of rotatable bonds is 4. The predicted molar refractivity (Wildman–Crippen MR) is 86.7 cm³/mol. The summed E-state index contributed by atoms with van der Waals surface area (Å²) in [7, 11) is -2.57. The number of hydrogen-bond acceptors (Lipinski definition) is 7. The molecule has 1 aliphatic rings. The molecule has 7 nitrogen and oxygen atoms in total. The van der Waals surface area contributed by atoms with Crippen LogP contribution in [-0.2, 0) is 9.84 Å². The van der Waals surface area contributed by atoms with Crippen molar-refractivity contribution in [1.29, 1.82) is 0 Å². The van der Waals surface area contributed by atoms with Crippen molar-refractivity contribution in [3.8, 4) is 5.75 Å². The van der Waals surface area contributed by atoms with E-state index < -0.39 is 9.84 Å². The third-order valence-corrected chi connectivity index (χ3v) is 5.62. The van der Waals surface area contributed by atoms with Crippen LogP contribution >= 0.6 is 11.6 Å². The van der Waals surface area contributed by atoms with E-state index in [-0.39, 0.29) is 26.4 Å². The first-order valence-electron chi connectivity index (χ1n) is 6.82. The van der Waals surface area contributed by atoms with E-state index in [1.807, 2.05) is 11.8 Å². The maximum absolute atomic E-state index is 12.8. The van der Waals surface area contributed by atoms with Gasteiger partial charge in [-0.25, -0.2) is 13.4 Å². The number of ether oxygens (including phenoxy) is 1. The molecule has 0 saturated carbocycles. The highest BCUT2D eigenvalue weighted by Gasteiger charge is 2.33. The number of hydrogen-bond donors (Lipinski definition) is 1. The number of nitrogens with zero attached hydrogens (tertiary/aromatic N) is 3. The van der Waals surface area contributed by atoms with Crippen LogP contribution in [0.5, 0.6) is 5.75 Å². The molecule has 122 valence electrons. The fourth-order valence-electron chi connectivity index (χ4n) is 2.21. The average Bonchev–Trinajstić information content (AvgIpc) is 3.23. The molecule has 2 aromatic rings. The zero-order valence-corrected chi connectivity index (χ0v) is 14.1. The lowest BCUT2D eigenvalue weighted by Crippen LogP contribution is -2.11. The lowest BCUT2D eigenvalue weighted by Gasteiger charge is -2.12. The minimum absolute atomic E-state index is 0.0735. The van der Waals surface area contributed by atoms with Gasteiger partial charge in [0.25, 0.3) is 0 Å². The number of benzene rings is 1. The number of aromatic nitrogens is 2. The molecule has 1 aromatic heterocycles. The third-order valence-electron chi connectivity index (χ3n) is 3.59. The Kier molecular flexibility index (Phi) is 3.81. The number of halogens is 1. The van der Waals surface area contributed by atoms with Crippen LogP contribution in [0.4, 0.5) is 11.8 Å². The van der Waals surface area contributed by atoms with Crippen molar-refractivity contribution in [2.45, 2.75) is 22.8 Å². The molecule has 1 unspecified atom stereocenters. The van der Waals surface area contributed by atoms with Crippen molar-refractivity contribution in [3.05, 3.63) is 29.4 Å². The van der Waals surface area contributed by atoms with E-state index in [0.29, 0.717) is 12.0 Å². The molecule has 2 heterocycles. The number of methoxy groups -OCH3 is 1. The Hall–Kier alpha value is -2.06. The van der Waals surface area contributed by atoms with Crippen molar-refractivity contribution in [2.24, 2.45) is 0 Å². The van der Waals surface area contributed by atoms with Crippen molar-refractivity contribution < 1.29 is 13.2 Å². The van der Waals surface area contributed by atoms with Gasteiger partial charge in [-0.1, -0.05) is 11.6 Å². The lowest BCUT2D eigenvalue weighted by molar-refractivity contribution is 0.402. The smallest absolute Gasteiger partial charge is 0.227 e. The minimum Gasteiger partial charge on any atom is -0.495 e. The predicted octanol–water partition coefficient (Wildman–Crippen LogP) is 1.76. The molecule has 1 saturated heterocycles. The molecular formula is C14H15ClN4O3S. The van der Waals surface area contributed by atoms with E-state index in [2.05, 4.69) is 9.97 Å². The maximum atomic E-state index is 12.8.